The topological polar surface area (TPSA) is 82.2 Å². The smallest absolute Gasteiger partial charge is 0.321 e. The van der Waals surface area contributed by atoms with Crippen molar-refractivity contribution < 1.29 is 14.4 Å². The molecular weight excluding hydrogens is 251 g/mol. The van der Waals surface area contributed by atoms with Crippen LogP contribution >= 0.6 is 7.60 Å². The van der Waals surface area contributed by atoms with E-state index < -0.39 is 7.60 Å². The molecule has 0 saturated heterocycles. The summed E-state index contributed by atoms with van der Waals surface area (Å²) >= 11 is 0. The van der Waals surface area contributed by atoms with E-state index in [4.69, 9.17) is 0 Å². The molecule has 2 aromatic rings. The lowest BCUT2D eigenvalue weighted by Gasteiger charge is -2.05. The van der Waals surface area contributed by atoms with Gasteiger partial charge in [-0.15, -0.1) is 5.11 Å². The van der Waals surface area contributed by atoms with Crippen molar-refractivity contribution >= 4 is 24.3 Å². The second-order valence-corrected chi connectivity index (χ2v) is 5.14. The quantitative estimate of drug-likeness (QED) is 0.659. The number of hydrogen-bond acceptors (Lipinski definition) is 3. The van der Waals surface area contributed by atoms with Crippen molar-refractivity contribution in [3.8, 4) is 0 Å². The zero-order valence-electron chi connectivity index (χ0n) is 9.34. The Labute approximate surface area is 104 Å². The van der Waals surface area contributed by atoms with E-state index in [1.807, 2.05) is 18.2 Å². The molecule has 6 heteroatoms. The Kier molecular flexibility index (Phi) is 3.67. The molecule has 0 amide bonds. The first-order chi connectivity index (χ1) is 8.57. The third kappa shape index (κ3) is 3.11. The van der Waals surface area contributed by atoms with Crippen LogP contribution in [0.2, 0.25) is 0 Å². The molecule has 0 aromatic heterocycles. The van der Waals surface area contributed by atoms with Crippen molar-refractivity contribution in [2.75, 3.05) is 0 Å². The highest BCUT2D eigenvalue weighted by atomic mass is 31.2. The van der Waals surface area contributed by atoms with Gasteiger partial charge >= 0.3 is 7.60 Å². The SMILES string of the molecule is O=P(O)(O)c1ccccc1N=Nc1ccccc1. The van der Waals surface area contributed by atoms with Gasteiger partial charge in [0.05, 0.1) is 11.0 Å². The Morgan fingerprint density at radius 1 is 0.833 bits per heavy atom. The predicted molar refractivity (Wildman–Crippen MR) is 68.7 cm³/mol. The van der Waals surface area contributed by atoms with Gasteiger partial charge in [-0.05, 0) is 24.3 Å². The third-order valence-electron chi connectivity index (χ3n) is 2.22. The maximum atomic E-state index is 11.3. The number of nitrogens with zero attached hydrogens (tertiary/aromatic N) is 2. The molecule has 0 spiro atoms. The van der Waals surface area contributed by atoms with E-state index in [-0.39, 0.29) is 11.0 Å². The minimum Gasteiger partial charge on any atom is -0.321 e. The lowest BCUT2D eigenvalue weighted by molar-refractivity contribution is 0.387. The van der Waals surface area contributed by atoms with Gasteiger partial charge < -0.3 is 9.79 Å². The first-order valence-electron chi connectivity index (χ1n) is 5.19. The van der Waals surface area contributed by atoms with Gasteiger partial charge in [0.15, 0.2) is 0 Å². The van der Waals surface area contributed by atoms with Crippen LogP contribution in [0, 0.1) is 0 Å². The normalized spacial score (nSPS) is 11.9. The molecule has 2 aromatic carbocycles. The lowest BCUT2D eigenvalue weighted by Crippen LogP contribution is -2.03. The summed E-state index contributed by atoms with van der Waals surface area (Å²) in [6.45, 7) is 0. The zero-order valence-corrected chi connectivity index (χ0v) is 10.2. The predicted octanol–water partition coefficient (Wildman–Crippen LogP) is 2.91. The molecule has 0 aliphatic carbocycles. The molecule has 0 atom stereocenters. The third-order valence-corrected chi connectivity index (χ3v) is 3.23. The van der Waals surface area contributed by atoms with Gasteiger partial charge in [0, 0.05) is 0 Å². The van der Waals surface area contributed by atoms with Crippen molar-refractivity contribution in [1.82, 2.24) is 0 Å². The van der Waals surface area contributed by atoms with Crippen LogP contribution in [0.3, 0.4) is 0 Å². The van der Waals surface area contributed by atoms with E-state index in [2.05, 4.69) is 10.2 Å². The molecule has 0 radical (unpaired) electrons. The molecule has 0 bridgehead atoms. The summed E-state index contributed by atoms with van der Waals surface area (Å²) in [6.07, 6.45) is 0. The van der Waals surface area contributed by atoms with Crippen molar-refractivity contribution in [3.05, 3.63) is 54.6 Å². The van der Waals surface area contributed by atoms with Crippen LogP contribution in [0.25, 0.3) is 0 Å². The Hall–Kier alpha value is -1.81. The number of benzene rings is 2. The fraction of sp³-hybridized carbons (Fsp3) is 0. The van der Waals surface area contributed by atoms with Gasteiger partial charge in [0.2, 0.25) is 0 Å². The Balaban J connectivity index is 2.36. The summed E-state index contributed by atoms with van der Waals surface area (Å²) in [6, 6.07) is 15.0. The maximum absolute atomic E-state index is 11.3. The summed E-state index contributed by atoms with van der Waals surface area (Å²) < 4.78 is 11.3. The molecule has 2 rings (SSSR count). The molecule has 92 valence electrons. The van der Waals surface area contributed by atoms with Crippen LogP contribution in [0.4, 0.5) is 11.4 Å². The molecule has 0 aliphatic heterocycles. The molecule has 0 saturated carbocycles. The van der Waals surface area contributed by atoms with E-state index in [0.717, 1.165) is 0 Å². The standard InChI is InChI=1S/C12H11N2O3P/c15-18(16,17)12-9-5-4-8-11(12)14-13-10-6-2-1-3-7-10/h1-9H,(H2,15,16,17). The van der Waals surface area contributed by atoms with Gasteiger partial charge in [-0.1, -0.05) is 30.3 Å². The largest absolute Gasteiger partial charge is 0.358 e. The van der Waals surface area contributed by atoms with Crippen molar-refractivity contribution in [3.63, 3.8) is 0 Å². The van der Waals surface area contributed by atoms with Gasteiger partial charge in [0.25, 0.3) is 0 Å². The van der Waals surface area contributed by atoms with Gasteiger partial charge in [-0.3, -0.25) is 4.57 Å². The van der Waals surface area contributed by atoms with E-state index >= 15 is 0 Å². The average molecular weight is 262 g/mol. The zero-order chi connectivity index (χ0) is 13.0. The van der Waals surface area contributed by atoms with Crippen molar-refractivity contribution in [1.29, 1.82) is 0 Å². The first-order valence-corrected chi connectivity index (χ1v) is 6.80. The Morgan fingerprint density at radius 2 is 1.44 bits per heavy atom. The molecule has 0 aliphatic rings. The summed E-state index contributed by atoms with van der Waals surface area (Å²) in [5.41, 5.74) is 0.799. The highest BCUT2D eigenvalue weighted by Crippen LogP contribution is 2.37. The van der Waals surface area contributed by atoms with Crippen LogP contribution < -0.4 is 5.30 Å². The second-order valence-electron chi connectivity index (χ2n) is 3.57. The summed E-state index contributed by atoms with van der Waals surface area (Å²) in [4.78, 5) is 18.4. The number of rotatable bonds is 3. The molecule has 0 unspecified atom stereocenters. The average Bonchev–Trinajstić information content (AvgIpc) is 2.37. The van der Waals surface area contributed by atoms with Gasteiger partial charge in [-0.25, -0.2) is 0 Å². The van der Waals surface area contributed by atoms with E-state index in [0.29, 0.717) is 5.69 Å². The summed E-state index contributed by atoms with van der Waals surface area (Å²) in [7, 11) is -4.33. The van der Waals surface area contributed by atoms with E-state index in [1.54, 1.807) is 24.3 Å². The second kappa shape index (κ2) is 5.23. The minimum atomic E-state index is -4.33. The number of azo groups is 1. The Morgan fingerprint density at radius 3 is 2.11 bits per heavy atom. The molecule has 18 heavy (non-hydrogen) atoms. The summed E-state index contributed by atoms with van der Waals surface area (Å²) in [5.74, 6) is 0. The maximum Gasteiger partial charge on any atom is 0.358 e. The van der Waals surface area contributed by atoms with Gasteiger partial charge in [0.1, 0.15) is 5.69 Å². The van der Waals surface area contributed by atoms with Gasteiger partial charge in [-0.2, -0.15) is 5.11 Å². The first kappa shape index (κ1) is 12.6. The van der Waals surface area contributed by atoms with Crippen molar-refractivity contribution in [2.45, 2.75) is 0 Å². The lowest BCUT2D eigenvalue weighted by atomic mass is 10.3. The fourth-order valence-electron chi connectivity index (χ4n) is 1.40. The van der Waals surface area contributed by atoms with Crippen LogP contribution in [-0.4, -0.2) is 9.79 Å². The van der Waals surface area contributed by atoms with Crippen LogP contribution in [0.15, 0.2) is 64.8 Å². The molecule has 2 N–H and O–H groups in total. The molecule has 0 fully saturated rings. The highest BCUT2D eigenvalue weighted by molar-refractivity contribution is 7.60. The number of hydrogen-bond donors (Lipinski definition) is 2. The molecular formula is C12H11N2O3P. The molecule has 0 heterocycles. The van der Waals surface area contributed by atoms with Crippen molar-refractivity contribution in [2.24, 2.45) is 10.2 Å². The van der Waals surface area contributed by atoms with E-state index in [9.17, 15) is 14.4 Å². The summed E-state index contributed by atoms with van der Waals surface area (Å²) in [5, 5.41) is 7.69. The highest BCUT2D eigenvalue weighted by Gasteiger charge is 2.20. The Bertz CT molecular complexity index is 608. The monoisotopic (exact) mass is 262 g/mol. The fourth-order valence-corrected chi connectivity index (χ4v) is 2.10. The van der Waals surface area contributed by atoms with Crippen LogP contribution in [-0.2, 0) is 4.57 Å². The van der Waals surface area contributed by atoms with Crippen LogP contribution in [0.5, 0.6) is 0 Å². The van der Waals surface area contributed by atoms with E-state index in [1.165, 1.54) is 12.1 Å². The molecule has 5 nitrogen and oxygen atoms in total. The minimum absolute atomic E-state index is 0.121. The van der Waals surface area contributed by atoms with Crippen LogP contribution in [0.1, 0.15) is 0 Å².